The maximum atomic E-state index is 9.43. The summed E-state index contributed by atoms with van der Waals surface area (Å²) in [5, 5.41) is -0.238. The molecule has 0 heterocycles. The van der Waals surface area contributed by atoms with Crippen molar-refractivity contribution in [2.75, 3.05) is 12.4 Å². The molecule has 0 rings (SSSR count). The second-order valence-corrected chi connectivity index (χ2v) is 2.11. The summed E-state index contributed by atoms with van der Waals surface area (Å²) in [6.07, 6.45) is 1.36. The van der Waals surface area contributed by atoms with Gasteiger partial charge in [-0.25, -0.2) is 9.79 Å². The fourth-order valence-corrected chi connectivity index (χ4v) is 0.352. The molecule has 46 valence electrons. The standard InChI is InChI=1S/C4H5Cl2NO/c5-1-4(6)2-7-3-8/h4H,1-2H2. The van der Waals surface area contributed by atoms with Gasteiger partial charge in [0, 0.05) is 5.88 Å². The van der Waals surface area contributed by atoms with E-state index in [9.17, 15) is 4.79 Å². The average Bonchev–Trinajstić information content (AvgIpc) is 1.83. The van der Waals surface area contributed by atoms with Crippen LogP contribution >= 0.6 is 23.2 Å². The number of rotatable bonds is 3. The van der Waals surface area contributed by atoms with E-state index in [1.54, 1.807) is 0 Å². The van der Waals surface area contributed by atoms with Crippen molar-refractivity contribution in [3.8, 4) is 0 Å². The van der Waals surface area contributed by atoms with Gasteiger partial charge in [-0.1, -0.05) is 0 Å². The maximum Gasteiger partial charge on any atom is 0.234 e. The van der Waals surface area contributed by atoms with Crippen molar-refractivity contribution < 1.29 is 4.79 Å². The Morgan fingerprint density at radius 1 is 1.75 bits per heavy atom. The molecule has 0 bridgehead atoms. The van der Waals surface area contributed by atoms with Gasteiger partial charge in [0.25, 0.3) is 0 Å². The number of hydrogen-bond donors (Lipinski definition) is 0. The fraction of sp³-hybridized carbons (Fsp3) is 0.750. The van der Waals surface area contributed by atoms with Gasteiger partial charge >= 0.3 is 0 Å². The lowest BCUT2D eigenvalue weighted by Crippen LogP contribution is -2.03. The molecule has 0 spiro atoms. The molecule has 0 aliphatic carbocycles. The van der Waals surface area contributed by atoms with Crippen LogP contribution in [0.5, 0.6) is 0 Å². The Hall–Kier alpha value is -0.0400. The molecular weight excluding hydrogens is 149 g/mol. The van der Waals surface area contributed by atoms with E-state index < -0.39 is 0 Å². The Bertz CT molecular complexity index is 100. The summed E-state index contributed by atoms with van der Waals surface area (Å²) >= 11 is 10.7. The highest BCUT2D eigenvalue weighted by Crippen LogP contribution is 1.97. The number of alkyl halides is 2. The Morgan fingerprint density at radius 2 is 2.38 bits per heavy atom. The highest BCUT2D eigenvalue weighted by Gasteiger charge is 1.97. The van der Waals surface area contributed by atoms with Crippen molar-refractivity contribution in [1.82, 2.24) is 0 Å². The van der Waals surface area contributed by atoms with Crippen molar-refractivity contribution in [1.29, 1.82) is 0 Å². The Balaban J connectivity index is 3.23. The van der Waals surface area contributed by atoms with E-state index in [4.69, 9.17) is 23.2 Å². The Morgan fingerprint density at radius 3 is 2.75 bits per heavy atom. The summed E-state index contributed by atoms with van der Waals surface area (Å²) < 4.78 is 0. The summed E-state index contributed by atoms with van der Waals surface area (Å²) in [7, 11) is 0. The van der Waals surface area contributed by atoms with E-state index in [0.717, 1.165) is 0 Å². The SMILES string of the molecule is O=C=NCC(Cl)CCl. The summed E-state index contributed by atoms with van der Waals surface area (Å²) in [4.78, 5) is 12.7. The first-order chi connectivity index (χ1) is 3.81. The van der Waals surface area contributed by atoms with Crippen LogP contribution in [0.25, 0.3) is 0 Å². The second kappa shape index (κ2) is 5.10. The highest BCUT2D eigenvalue weighted by atomic mass is 35.5. The number of halogens is 2. The molecule has 0 aliphatic rings. The lowest BCUT2D eigenvalue weighted by Gasteiger charge is -1.94. The van der Waals surface area contributed by atoms with Crippen molar-refractivity contribution in [2.24, 2.45) is 4.99 Å². The molecule has 0 saturated carbocycles. The Kier molecular flexibility index (Phi) is 5.08. The third-order valence-electron chi connectivity index (χ3n) is 0.521. The molecule has 0 amide bonds. The number of aliphatic imine (C=N–C) groups is 1. The molecule has 0 saturated heterocycles. The molecule has 0 aromatic rings. The van der Waals surface area contributed by atoms with Crippen molar-refractivity contribution in [3.63, 3.8) is 0 Å². The Labute approximate surface area is 57.5 Å². The lowest BCUT2D eigenvalue weighted by molar-refractivity contribution is 0.563. The zero-order chi connectivity index (χ0) is 6.41. The van der Waals surface area contributed by atoms with Crippen LogP contribution in [0.15, 0.2) is 4.99 Å². The first-order valence-corrected chi connectivity index (χ1v) is 3.02. The normalized spacial score (nSPS) is 12.2. The van der Waals surface area contributed by atoms with Crippen LogP contribution in [0, 0.1) is 0 Å². The molecule has 0 radical (unpaired) electrons. The van der Waals surface area contributed by atoms with Crippen molar-refractivity contribution in [2.45, 2.75) is 5.38 Å². The predicted octanol–water partition coefficient (Wildman–Crippen LogP) is 1.17. The van der Waals surface area contributed by atoms with Crippen LogP contribution in [0.2, 0.25) is 0 Å². The molecule has 0 fully saturated rings. The fourth-order valence-electron chi connectivity index (χ4n) is 0.185. The summed E-state index contributed by atoms with van der Waals surface area (Å²) in [6, 6.07) is 0. The molecule has 4 heteroatoms. The van der Waals surface area contributed by atoms with Crippen LogP contribution in [0.3, 0.4) is 0 Å². The quantitative estimate of drug-likeness (QED) is 0.340. The minimum atomic E-state index is -0.238. The maximum absolute atomic E-state index is 9.43. The highest BCUT2D eigenvalue weighted by molar-refractivity contribution is 6.28. The van der Waals surface area contributed by atoms with E-state index in [-0.39, 0.29) is 11.9 Å². The van der Waals surface area contributed by atoms with Gasteiger partial charge in [0.05, 0.1) is 11.9 Å². The van der Waals surface area contributed by atoms with Crippen LogP contribution < -0.4 is 0 Å². The minimum Gasteiger partial charge on any atom is -0.211 e. The number of hydrogen-bond acceptors (Lipinski definition) is 2. The molecule has 8 heavy (non-hydrogen) atoms. The van der Waals surface area contributed by atoms with Gasteiger partial charge in [-0.2, -0.15) is 0 Å². The van der Waals surface area contributed by atoms with Gasteiger partial charge in [-0.05, 0) is 0 Å². The van der Waals surface area contributed by atoms with Gasteiger partial charge in [-0.3, -0.25) is 0 Å². The van der Waals surface area contributed by atoms with E-state index in [1.807, 2.05) is 0 Å². The number of isocyanates is 1. The third-order valence-corrected chi connectivity index (χ3v) is 1.34. The first-order valence-electron chi connectivity index (χ1n) is 2.05. The van der Waals surface area contributed by atoms with E-state index >= 15 is 0 Å². The largest absolute Gasteiger partial charge is 0.234 e. The molecule has 0 N–H and O–H groups in total. The van der Waals surface area contributed by atoms with Crippen molar-refractivity contribution >= 4 is 29.3 Å². The van der Waals surface area contributed by atoms with Crippen molar-refractivity contribution in [3.05, 3.63) is 0 Å². The van der Waals surface area contributed by atoms with Gasteiger partial charge in [0.15, 0.2) is 0 Å². The van der Waals surface area contributed by atoms with Gasteiger partial charge in [0.1, 0.15) is 0 Å². The molecular formula is C4H5Cl2NO. The molecule has 0 aliphatic heterocycles. The second-order valence-electron chi connectivity index (χ2n) is 1.18. The third kappa shape index (κ3) is 4.13. The van der Waals surface area contributed by atoms with Gasteiger partial charge in [-0.15, -0.1) is 23.2 Å². The minimum absolute atomic E-state index is 0.238. The summed E-state index contributed by atoms with van der Waals surface area (Å²) in [5.74, 6) is 0.312. The first kappa shape index (κ1) is 7.96. The van der Waals surface area contributed by atoms with Crippen LogP contribution in [0.4, 0.5) is 0 Å². The van der Waals surface area contributed by atoms with Gasteiger partial charge < -0.3 is 0 Å². The van der Waals surface area contributed by atoms with Crippen LogP contribution in [-0.4, -0.2) is 23.9 Å². The average molecular weight is 154 g/mol. The van der Waals surface area contributed by atoms with E-state index in [2.05, 4.69) is 4.99 Å². The molecule has 0 aromatic heterocycles. The van der Waals surface area contributed by atoms with Crippen LogP contribution in [-0.2, 0) is 4.79 Å². The molecule has 0 aromatic carbocycles. The molecule has 2 nitrogen and oxygen atoms in total. The molecule has 1 unspecified atom stereocenters. The summed E-state index contributed by atoms with van der Waals surface area (Å²) in [6.45, 7) is 0.258. The topological polar surface area (TPSA) is 29.4 Å². The van der Waals surface area contributed by atoms with E-state index in [1.165, 1.54) is 6.08 Å². The van der Waals surface area contributed by atoms with Gasteiger partial charge in [0.2, 0.25) is 6.08 Å². The monoisotopic (exact) mass is 153 g/mol. The zero-order valence-electron chi connectivity index (χ0n) is 4.10. The number of nitrogens with zero attached hydrogens (tertiary/aromatic N) is 1. The zero-order valence-corrected chi connectivity index (χ0v) is 5.61. The number of carbonyl (C=O) groups excluding carboxylic acids is 1. The predicted molar refractivity (Wildman–Crippen MR) is 33.3 cm³/mol. The molecule has 1 atom stereocenters. The summed E-state index contributed by atoms with van der Waals surface area (Å²) in [5.41, 5.74) is 0. The van der Waals surface area contributed by atoms with E-state index in [0.29, 0.717) is 5.88 Å². The lowest BCUT2D eigenvalue weighted by atomic mass is 10.5. The smallest absolute Gasteiger partial charge is 0.211 e. The van der Waals surface area contributed by atoms with Crippen LogP contribution in [0.1, 0.15) is 0 Å².